The molecule has 0 spiro atoms. The van der Waals surface area contributed by atoms with Crippen LogP contribution in [0.15, 0.2) is 12.4 Å². The number of nitrogens with zero attached hydrogens (tertiary/aromatic N) is 3. The summed E-state index contributed by atoms with van der Waals surface area (Å²) < 4.78 is 2.07. The van der Waals surface area contributed by atoms with Gasteiger partial charge in [0.15, 0.2) is 0 Å². The highest BCUT2D eigenvalue weighted by atomic mass is 16.4. The highest BCUT2D eigenvalue weighted by Gasteiger charge is 2.30. The predicted molar refractivity (Wildman–Crippen MR) is 81.5 cm³/mol. The largest absolute Gasteiger partial charge is 0.481 e. The van der Waals surface area contributed by atoms with Crippen LogP contribution in [0.1, 0.15) is 50.9 Å². The van der Waals surface area contributed by atoms with E-state index in [4.69, 9.17) is 5.11 Å². The zero-order valence-corrected chi connectivity index (χ0v) is 13.0. The number of aromatic nitrogens is 2. The molecule has 2 heterocycles. The molecule has 0 saturated carbocycles. The fraction of sp³-hybridized carbons (Fsp3) is 0.667. The van der Waals surface area contributed by atoms with Crippen molar-refractivity contribution in [2.45, 2.75) is 51.6 Å². The van der Waals surface area contributed by atoms with E-state index in [1.54, 1.807) is 6.20 Å². The van der Waals surface area contributed by atoms with Gasteiger partial charge in [0.05, 0.1) is 6.04 Å². The van der Waals surface area contributed by atoms with Crippen LogP contribution in [0.3, 0.4) is 0 Å². The summed E-state index contributed by atoms with van der Waals surface area (Å²) in [6.45, 7) is 3.99. The third kappa shape index (κ3) is 3.99. The van der Waals surface area contributed by atoms with Crippen molar-refractivity contribution in [2.24, 2.45) is 0 Å². The summed E-state index contributed by atoms with van der Waals surface area (Å²) in [6, 6.07) is -0.121. The molecule has 7 heteroatoms. The fourth-order valence-corrected chi connectivity index (χ4v) is 2.87. The summed E-state index contributed by atoms with van der Waals surface area (Å²) in [5, 5.41) is 11.4. The molecule has 1 fully saturated rings. The Morgan fingerprint density at radius 2 is 2.27 bits per heavy atom. The fourth-order valence-electron chi connectivity index (χ4n) is 2.87. The Balaban J connectivity index is 1.97. The summed E-state index contributed by atoms with van der Waals surface area (Å²) >= 11 is 0. The molecule has 1 aliphatic rings. The third-order valence-corrected chi connectivity index (χ3v) is 3.99. The number of carbonyl (C=O) groups excluding carboxylic acids is 1. The van der Waals surface area contributed by atoms with E-state index >= 15 is 0 Å². The molecule has 1 aromatic heterocycles. The minimum Gasteiger partial charge on any atom is -0.481 e. The van der Waals surface area contributed by atoms with Crippen molar-refractivity contribution in [3.05, 3.63) is 18.2 Å². The van der Waals surface area contributed by atoms with Crippen molar-refractivity contribution in [3.63, 3.8) is 0 Å². The van der Waals surface area contributed by atoms with Gasteiger partial charge in [0, 0.05) is 38.4 Å². The average molecular weight is 308 g/mol. The number of imidazole rings is 1. The Kier molecular flexibility index (Phi) is 5.80. The standard InChI is InChI=1S/C15H24N4O3/c1-2-18-11-9-16-14(18)12-6-3-4-10-19(12)15(22)17-8-5-7-13(20)21/h9,11-12H,2-8,10H2,1H3,(H,17,22)(H,20,21). The van der Waals surface area contributed by atoms with Gasteiger partial charge in [-0.05, 0) is 32.6 Å². The van der Waals surface area contributed by atoms with Crippen LogP contribution in [-0.4, -0.2) is 44.6 Å². The van der Waals surface area contributed by atoms with Crippen molar-refractivity contribution in [1.29, 1.82) is 0 Å². The third-order valence-electron chi connectivity index (χ3n) is 3.99. The topological polar surface area (TPSA) is 87.5 Å². The van der Waals surface area contributed by atoms with E-state index in [0.29, 0.717) is 19.5 Å². The quantitative estimate of drug-likeness (QED) is 0.787. The molecule has 1 aromatic rings. The van der Waals surface area contributed by atoms with Crippen LogP contribution in [0.5, 0.6) is 0 Å². The van der Waals surface area contributed by atoms with E-state index < -0.39 is 5.97 Å². The Hall–Kier alpha value is -2.05. The minimum atomic E-state index is -0.838. The summed E-state index contributed by atoms with van der Waals surface area (Å²) in [5.74, 6) is 0.0953. The Morgan fingerprint density at radius 3 is 3.00 bits per heavy atom. The van der Waals surface area contributed by atoms with Crippen molar-refractivity contribution < 1.29 is 14.7 Å². The van der Waals surface area contributed by atoms with Gasteiger partial charge in [0.2, 0.25) is 0 Å². The number of piperidine rings is 1. The van der Waals surface area contributed by atoms with Crippen molar-refractivity contribution in [2.75, 3.05) is 13.1 Å². The molecule has 7 nitrogen and oxygen atoms in total. The minimum absolute atomic E-state index is 0.00294. The van der Waals surface area contributed by atoms with Crippen molar-refractivity contribution in [1.82, 2.24) is 19.8 Å². The molecule has 22 heavy (non-hydrogen) atoms. The second-order valence-electron chi connectivity index (χ2n) is 5.51. The van der Waals surface area contributed by atoms with E-state index in [1.165, 1.54) is 0 Å². The molecular weight excluding hydrogens is 284 g/mol. The highest BCUT2D eigenvalue weighted by Crippen LogP contribution is 2.29. The zero-order chi connectivity index (χ0) is 15.9. The molecular formula is C15H24N4O3. The van der Waals surface area contributed by atoms with Crippen LogP contribution >= 0.6 is 0 Å². The monoisotopic (exact) mass is 308 g/mol. The second-order valence-corrected chi connectivity index (χ2v) is 5.51. The van der Waals surface area contributed by atoms with Gasteiger partial charge in [-0.2, -0.15) is 0 Å². The van der Waals surface area contributed by atoms with Crippen molar-refractivity contribution in [3.8, 4) is 0 Å². The second kappa shape index (κ2) is 7.82. The van der Waals surface area contributed by atoms with Gasteiger partial charge in [-0.15, -0.1) is 0 Å². The molecule has 2 N–H and O–H groups in total. The molecule has 1 atom stereocenters. The maximum Gasteiger partial charge on any atom is 0.318 e. The van der Waals surface area contributed by atoms with E-state index in [1.807, 2.05) is 11.1 Å². The van der Waals surface area contributed by atoms with E-state index in [0.717, 1.165) is 31.6 Å². The Morgan fingerprint density at radius 1 is 1.45 bits per heavy atom. The van der Waals surface area contributed by atoms with Crippen LogP contribution in [0.2, 0.25) is 0 Å². The van der Waals surface area contributed by atoms with Gasteiger partial charge in [-0.1, -0.05) is 0 Å². The maximum absolute atomic E-state index is 12.4. The van der Waals surface area contributed by atoms with Gasteiger partial charge in [-0.25, -0.2) is 9.78 Å². The predicted octanol–water partition coefficient (Wildman–Crippen LogP) is 2.00. The lowest BCUT2D eigenvalue weighted by molar-refractivity contribution is -0.137. The number of aliphatic carboxylic acids is 1. The van der Waals surface area contributed by atoms with Gasteiger partial charge in [0.25, 0.3) is 0 Å². The Labute approximate surface area is 130 Å². The van der Waals surface area contributed by atoms with Gasteiger partial charge < -0.3 is 19.9 Å². The molecule has 2 amide bonds. The number of nitrogens with one attached hydrogen (secondary N) is 1. The zero-order valence-electron chi connectivity index (χ0n) is 13.0. The molecule has 122 valence electrons. The van der Waals surface area contributed by atoms with Crippen LogP contribution in [0.25, 0.3) is 0 Å². The molecule has 0 radical (unpaired) electrons. The lowest BCUT2D eigenvalue weighted by Crippen LogP contribution is -2.45. The number of likely N-dealkylation sites (tertiary alicyclic amines) is 1. The number of carbonyl (C=O) groups is 2. The van der Waals surface area contributed by atoms with E-state index in [-0.39, 0.29) is 18.5 Å². The number of hydrogen-bond donors (Lipinski definition) is 2. The number of hydrogen-bond acceptors (Lipinski definition) is 3. The first kappa shape index (κ1) is 16.3. The first-order valence-electron chi connectivity index (χ1n) is 7.90. The van der Waals surface area contributed by atoms with Crippen molar-refractivity contribution >= 4 is 12.0 Å². The molecule has 1 aliphatic heterocycles. The first-order valence-corrected chi connectivity index (χ1v) is 7.90. The molecule has 0 aliphatic carbocycles. The summed E-state index contributed by atoms with van der Waals surface area (Å²) in [4.78, 5) is 29.1. The first-order chi connectivity index (χ1) is 10.6. The number of rotatable bonds is 6. The molecule has 0 aromatic carbocycles. The summed E-state index contributed by atoms with van der Waals surface area (Å²) in [7, 11) is 0. The SMILES string of the molecule is CCn1ccnc1C1CCCCN1C(=O)NCCCC(=O)O. The summed E-state index contributed by atoms with van der Waals surface area (Å²) in [6.07, 6.45) is 7.23. The van der Waals surface area contributed by atoms with Crippen LogP contribution < -0.4 is 5.32 Å². The van der Waals surface area contributed by atoms with Gasteiger partial charge >= 0.3 is 12.0 Å². The molecule has 1 unspecified atom stereocenters. The number of carboxylic acids is 1. The lowest BCUT2D eigenvalue weighted by Gasteiger charge is -2.35. The van der Waals surface area contributed by atoms with Crippen LogP contribution in [-0.2, 0) is 11.3 Å². The number of carboxylic acid groups (broad SMARTS) is 1. The van der Waals surface area contributed by atoms with Crippen LogP contribution in [0, 0.1) is 0 Å². The number of aryl methyl sites for hydroxylation is 1. The molecule has 0 bridgehead atoms. The molecule has 1 saturated heterocycles. The molecule has 2 rings (SSSR count). The van der Waals surface area contributed by atoms with Gasteiger partial charge in [0.1, 0.15) is 5.82 Å². The highest BCUT2D eigenvalue weighted by molar-refractivity contribution is 5.74. The number of amides is 2. The van der Waals surface area contributed by atoms with E-state index in [9.17, 15) is 9.59 Å². The smallest absolute Gasteiger partial charge is 0.318 e. The average Bonchev–Trinajstić information content (AvgIpc) is 2.99. The maximum atomic E-state index is 12.4. The normalized spacial score (nSPS) is 18.2. The Bertz CT molecular complexity index is 515. The van der Waals surface area contributed by atoms with Crippen LogP contribution in [0.4, 0.5) is 4.79 Å². The van der Waals surface area contributed by atoms with E-state index in [2.05, 4.69) is 21.8 Å². The summed E-state index contributed by atoms with van der Waals surface area (Å²) in [5.41, 5.74) is 0. The number of urea groups is 1. The lowest BCUT2D eigenvalue weighted by atomic mass is 10.0. The van der Waals surface area contributed by atoms with Gasteiger partial charge in [-0.3, -0.25) is 4.79 Å².